The number of sulfonamides is 1. The first-order valence-electron chi connectivity index (χ1n) is 12.2. The van der Waals surface area contributed by atoms with Gasteiger partial charge in [0.15, 0.2) is 5.13 Å². The van der Waals surface area contributed by atoms with E-state index in [0.717, 1.165) is 28.2 Å². The monoisotopic (exact) mass is 564 g/mol. The number of nitrogens with zero attached hydrogens (tertiary/aromatic N) is 2. The zero-order valence-electron chi connectivity index (χ0n) is 21.1. The number of carbonyl (C=O) groups is 1. The van der Waals surface area contributed by atoms with Gasteiger partial charge in [-0.15, -0.1) is 11.3 Å². The minimum Gasteiger partial charge on any atom is -0.491 e. The van der Waals surface area contributed by atoms with Crippen LogP contribution in [0.5, 0.6) is 5.75 Å². The molecule has 4 rings (SSSR count). The average molecular weight is 565 g/mol. The molecule has 0 bridgehead atoms. The number of hydrogen-bond donors (Lipinski definition) is 3. The van der Waals surface area contributed by atoms with Gasteiger partial charge in [0.1, 0.15) is 9.96 Å². The van der Waals surface area contributed by atoms with Crippen LogP contribution < -0.4 is 15.4 Å². The first-order chi connectivity index (χ1) is 17.6. The van der Waals surface area contributed by atoms with Crippen LogP contribution in [0.2, 0.25) is 0 Å². The summed E-state index contributed by atoms with van der Waals surface area (Å²) in [5, 5.41) is 17.5. The predicted octanol–water partition coefficient (Wildman–Crippen LogP) is 5.39. The van der Waals surface area contributed by atoms with Gasteiger partial charge in [-0.3, -0.25) is 5.32 Å². The average Bonchev–Trinajstić information content (AvgIpc) is 3.47. The van der Waals surface area contributed by atoms with Crippen molar-refractivity contribution in [2.45, 2.75) is 50.3 Å². The number of ether oxygens (including phenoxy) is 1. The molecule has 1 fully saturated rings. The maximum absolute atomic E-state index is 13.0. The highest BCUT2D eigenvalue weighted by atomic mass is 32.2. The number of urea groups is 1. The van der Waals surface area contributed by atoms with Gasteiger partial charge in [0.05, 0.1) is 29.0 Å². The lowest BCUT2D eigenvalue weighted by Gasteiger charge is -2.28. The number of aromatic nitrogens is 1. The van der Waals surface area contributed by atoms with Gasteiger partial charge in [-0.25, -0.2) is 18.2 Å². The molecule has 3 heterocycles. The van der Waals surface area contributed by atoms with Crippen molar-refractivity contribution in [1.82, 2.24) is 9.29 Å². The van der Waals surface area contributed by atoms with Crippen LogP contribution in [0.1, 0.15) is 38.8 Å². The summed E-state index contributed by atoms with van der Waals surface area (Å²) in [4.78, 5) is 17.9. The minimum atomic E-state index is -3.61. The summed E-state index contributed by atoms with van der Waals surface area (Å²) in [5.41, 5.74) is 2.00. The zero-order valence-corrected chi connectivity index (χ0v) is 23.5. The highest BCUT2D eigenvalue weighted by Crippen LogP contribution is 2.37. The van der Waals surface area contributed by atoms with Crippen LogP contribution in [0.25, 0.3) is 10.4 Å². The van der Waals surface area contributed by atoms with E-state index in [1.165, 1.54) is 15.6 Å². The molecule has 0 spiro atoms. The third-order valence-corrected chi connectivity index (χ3v) is 10.4. The summed E-state index contributed by atoms with van der Waals surface area (Å²) < 4.78 is 33.6. The molecule has 1 aliphatic heterocycles. The second-order valence-electron chi connectivity index (χ2n) is 9.33. The molecule has 0 aliphatic carbocycles. The Morgan fingerprint density at radius 2 is 1.97 bits per heavy atom. The number of aliphatic hydroxyl groups is 1. The number of thiophene rings is 1. The summed E-state index contributed by atoms with van der Waals surface area (Å²) in [6.45, 7) is 7.26. The third-order valence-electron chi connectivity index (χ3n) is 5.96. The van der Waals surface area contributed by atoms with Crippen molar-refractivity contribution in [3.63, 3.8) is 0 Å². The van der Waals surface area contributed by atoms with Crippen molar-refractivity contribution in [3.8, 4) is 16.2 Å². The largest absolute Gasteiger partial charge is 0.491 e. The lowest BCUT2D eigenvalue weighted by atomic mass is 10.1. The smallest absolute Gasteiger partial charge is 0.325 e. The second kappa shape index (κ2) is 11.9. The Hall–Kier alpha value is -2.51. The Bertz CT molecular complexity index is 1330. The van der Waals surface area contributed by atoms with E-state index in [1.807, 2.05) is 25.1 Å². The van der Waals surface area contributed by atoms with Crippen LogP contribution >= 0.6 is 22.7 Å². The van der Waals surface area contributed by atoms with E-state index in [-0.39, 0.29) is 4.21 Å². The molecule has 3 N–H and O–H groups in total. The van der Waals surface area contributed by atoms with Gasteiger partial charge in [0, 0.05) is 24.0 Å². The van der Waals surface area contributed by atoms with Crippen LogP contribution in [-0.4, -0.2) is 54.6 Å². The summed E-state index contributed by atoms with van der Waals surface area (Å²) in [7, 11) is -3.61. The van der Waals surface area contributed by atoms with Crippen LogP contribution in [0.3, 0.4) is 0 Å². The number of piperidine rings is 1. The summed E-state index contributed by atoms with van der Waals surface area (Å²) >= 11 is 2.45. The van der Waals surface area contributed by atoms with Crippen LogP contribution in [0.15, 0.2) is 39.9 Å². The van der Waals surface area contributed by atoms with E-state index < -0.39 is 22.2 Å². The number of hydrogen-bond acceptors (Lipinski definition) is 8. The number of thiazole rings is 1. The van der Waals surface area contributed by atoms with Gasteiger partial charge in [-0.1, -0.05) is 37.3 Å². The van der Waals surface area contributed by atoms with E-state index in [0.29, 0.717) is 60.7 Å². The van der Waals surface area contributed by atoms with E-state index in [9.17, 15) is 18.3 Å². The van der Waals surface area contributed by atoms with Crippen molar-refractivity contribution in [1.29, 1.82) is 0 Å². The van der Waals surface area contributed by atoms with Crippen LogP contribution in [0, 0.1) is 12.8 Å². The molecule has 2 amide bonds. The fourth-order valence-electron chi connectivity index (χ4n) is 3.85. The molecular weight excluding hydrogens is 532 g/mol. The number of anilines is 2. The van der Waals surface area contributed by atoms with Crippen molar-refractivity contribution in [3.05, 3.63) is 41.4 Å². The number of nitrogens with one attached hydrogen (secondary N) is 2. The van der Waals surface area contributed by atoms with E-state index in [1.54, 1.807) is 17.5 Å². The second-order valence-corrected chi connectivity index (χ2v) is 13.4. The highest BCUT2D eigenvalue weighted by molar-refractivity contribution is 7.91. The number of para-hydroxylation sites is 2. The van der Waals surface area contributed by atoms with Gasteiger partial charge in [0.25, 0.3) is 10.0 Å². The first kappa shape index (κ1) is 27.5. The number of aryl methyl sites for hydroxylation is 1. The van der Waals surface area contributed by atoms with Crippen LogP contribution in [0.4, 0.5) is 15.6 Å². The van der Waals surface area contributed by atoms with Crippen molar-refractivity contribution in [2.24, 2.45) is 5.92 Å². The highest BCUT2D eigenvalue weighted by Gasteiger charge is 2.30. The molecule has 12 heteroatoms. The summed E-state index contributed by atoms with van der Waals surface area (Å²) in [6.07, 6.45) is 1.35. The Morgan fingerprint density at radius 1 is 1.24 bits per heavy atom. The van der Waals surface area contributed by atoms with E-state index >= 15 is 0 Å². The Labute approximate surface area is 225 Å². The molecule has 0 unspecified atom stereocenters. The standard InChI is InChI=1S/C25H32N4O5S3/c1-16(2)10-13-34-21-7-5-4-6-20(21)27-24(31)28-25-26-17(3)23(36-25)18-14-22(35-15-18)37(32,33)29-11-8-19(30)9-12-29/h4-7,14-16,19,30H,8-13H2,1-3H3,(H2,26,27,28,31). The molecule has 3 aromatic rings. The lowest BCUT2D eigenvalue weighted by molar-refractivity contribution is 0.113. The normalized spacial score (nSPS) is 15.2. The topological polar surface area (TPSA) is 121 Å². The maximum atomic E-state index is 13.0. The zero-order chi connectivity index (χ0) is 26.6. The van der Waals surface area contributed by atoms with Crippen molar-refractivity contribution in [2.75, 3.05) is 30.3 Å². The van der Waals surface area contributed by atoms with E-state index in [4.69, 9.17) is 4.74 Å². The Balaban J connectivity index is 1.42. The van der Waals surface area contributed by atoms with E-state index in [2.05, 4.69) is 29.5 Å². The molecule has 0 radical (unpaired) electrons. The number of carbonyl (C=O) groups excluding carboxylic acids is 1. The molecule has 37 heavy (non-hydrogen) atoms. The molecule has 200 valence electrons. The van der Waals surface area contributed by atoms with Crippen molar-refractivity contribution >= 4 is 49.5 Å². The summed E-state index contributed by atoms with van der Waals surface area (Å²) in [6, 6.07) is 8.48. The molecule has 0 saturated carbocycles. The van der Waals surface area contributed by atoms with Gasteiger partial charge >= 0.3 is 6.03 Å². The minimum absolute atomic E-state index is 0.257. The fourth-order valence-corrected chi connectivity index (χ4v) is 7.67. The van der Waals surface area contributed by atoms with Gasteiger partial charge < -0.3 is 15.2 Å². The Morgan fingerprint density at radius 3 is 2.70 bits per heavy atom. The molecule has 9 nitrogen and oxygen atoms in total. The predicted molar refractivity (Wildman–Crippen MR) is 148 cm³/mol. The first-order valence-corrected chi connectivity index (χ1v) is 15.3. The van der Waals surface area contributed by atoms with Crippen LogP contribution in [-0.2, 0) is 10.0 Å². The number of aliphatic hydroxyl groups excluding tert-OH is 1. The molecule has 2 aromatic heterocycles. The van der Waals surface area contributed by atoms with Gasteiger partial charge in [-0.05, 0) is 50.3 Å². The number of rotatable bonds is 9. The maximum Gasteiger partial charge on any atom is 0.325 e. The molecule has 1 aliphatic rings. The molecular formula is C25H32N4O5S3. The van der Waals surface area contributed by atoms with Crippen molar-refractivity contribution < 1.29 is 23.1 Å². The quantitative estimate of drug-likeness (QED) is 0.320. The summed E-state index contributed by atoms with van der Waals surface area (Å²) in [5.74, 6) is 1.12. The molecule has 1 aromatic carbocycles. The Kier molecular flexibility index (Phi) is 8.86. The van der Waals surface area contributed by atoms with Gasteiger partial charge in [0.2, 0.25) is 0 Å². The molecule has 1 saturated heterocycles. The molecule has 0 atom stereocenters. The number of benzene rings is 1. The number of amides is 2. The fraction of sp³-hybridized carbons (Fsp3) is 0.440. The van der Waals surface area contributed by atoms with Gasteiger partial charge in [-0.2, -0.15) is 4.31 Å². The third kappa shape index (κ3) is 6.88. The lowest BCUT2D eigenvalue weighted by Crippen LogP contribution is -2.39. The SMILES string of the molecule is Cc1nc(NC(=O)Nc2ccccc2OCCC(C)C)sc1-c1csc(S(=O)(=O)N2CCC(O)CC2)c1.